The fraction of sp³-hybridized carbons (Fsp3) is 0.645. The normalized spacial score (nSPS) is 11.2. The van der Waals surface area contributed by atoms with Crippen molar-refractivity contribution in [1.29, 1.82) is 0 Å². The largest absolute Gasteiger partial charge is 0.523 e. The van der Waals surface area contributed by atoms with Crippen molar-refractivity contribution >= 4 is 17.6 Å². The molecule has 1 radical (unpaired) electrons. The molecule has 0 aliphatic heterocycles. The molecule has 0 aliphatic carbocycles. The van der Waals surface area contributed by atoms with Crippen LogP contribution >= 0.6 is 0 Å². The number of ether oxygens (including phenoxy) is 1. The van der Waals surface area contributed by atoms with E-state index in [0.29, 0.717) is 12.8 Å². The molecule has 0 fully saturated rings. The van der Waals surface area contributed by atoms with Crippen molar-refractivity contribution in [2.75, 3.05) is 11.9 Å². The topological polar surface area (TPSA) is 80.0 Å². The Labute approximate surface area is 241 Å². The van der Waals surface area contributed by atoms with Crippen molar-refractivity contribution in [3.63, 3.8) is 0 Å². The van der Waals surface area contributed by atoms with Crippen LogP contribution in [-0.4, -0.2) is 23.6 Å². The van der Waals surface area contributed by atoms with Gasteiger partial charge >= 0.3 is 11.7 Å². The van der Waals surface area contributed by atoms with Crippen LogP contribution in [0.1, 0.15) is 122 Å². The molecule has 0 bridgehead atoms. The van der Waals surface area contributed by atoms with Gasteiger partial charge in [-0.2, -0.15) is 0 Å². The van der Waals surface area contributed by atoms with Gasteiger partial charge in [0.15, 0.2) is 0 Å². The molecule has 217 valence electrons. The van der Waals surface area contributed by atoms with Gasteiger partial charge in [0.1, 0.15) is 5.76 Å². The van der Waals surface area contributed by atoms with Gasteiger partial charge in [0, 0.05) is 35.6 Å². The zero-order valence-electron chi connectivity index (χ0n) is 23.5. The van der Waals surface area contributed by atoms with E-state index < -0.39 is 11.7 Å². The number of benzene rings is 1. The van der Waals surface area contributed by atoms with E-state index in [0.717, 1.165) is 24.1 Å². The minimum absolute atomic E-state index is 0. The molecule has 1 aromatic rings. The number of allylic oxidation sites excluding steroid dienone is 1. The number of rotatable bonds is 21. The van der Waals surface area contributed by atoms with E-state index in [1.807, 2.05) is 24.3 Å². The first kappa shape index (κ1) is 35.7. The Hall–Kier alpha value is -2.29. The molecule has 0 saturated carbocycles. The molecule has 0 aromatic heterocycles. The minimum Gasteiger partial charge on any atom is -0.523 e. The van der Waals surface area contributed by atoms with Gasteiger partial charge in [-0.25, -0.2) is 4.85 Å². The maximum absolute atomic E-state index is 12.2. The number of carbonyl (C=O) groups is 2. The molecule has 0 unspecified atom stereocenters. The zero-order valence-corrected chi connectivity index (χ0v) is 24.4. The van der Waals surface area contributed by atoms with Gasteiger partial charge in [-0.3, -0.25) is 9.59 Å². The zero-order chi connectivity index (χ0) is 27.1. The van der Waals surface area contributed by atoms with Crippen LogP contribution in [0.15, 0.2) is 35.7 Å². The van der Waals surface area contributed by atoms with Gasteiger partial charge in [0.25, 0.3) is 0 Å². The third-order valence-corrected chi connectivity index (χ3v) is 6.52. The Morgan fingerprint density at radius 2 is 1.32 bits per heavy atom. The number of amides is 1. The van der Waals surface area contributed by atoms with E-state index >= 15 is 0 Å². The number of esters is 1. The number of hydrogen-bond donors (Lipinski definition) is 2. The number of hydrogen-bond acceptors (Lipinski definition) is 4. The van der Waals surface area contributed by atoms with E-state index in [1.165, 1.54) is 90.4 Å². The predicted octanol–water partition coefficient (Wildman–Crippen LogP) is 8.68. The fourth-order valence-corrected chi connectivity index (χ4v) is 4.24. The number of anilines is 1. The monoisotopic (exact) mass is 575 g/mol. The van der Waals surface area contributed by atoms with Crippen LogP contribution < -0.4 is 5.32 Å². The average molecular weight is 576 g/mol. The molecule has 38 heavy (non-hydrogen) atoms. The van der Waals surface area contributed by atoms with Crippen LogP contribution in [0.25, 0.3) is 4.85 Å². The molecule has 7 heteroatoms. The number of aliphatic hydroxyl groups is 1. The number of aliphatic hydroxyl groups excluding tert-OH is 1. The second-order valence-electron chi connectivity index (χ2n) is 9.88. The van der Waals surface area contributed by atoms with Crippen LogP contribution in [0.2, 0.25) is 0 Å². The summed E-state index contributed by atoms with van der Waals surface area (Å²) in [6, 6.07) is 7.42. The van der Waals surface area contributed by atoms with Crippen LogP contribution in [0, 0.1) is 6.57 Å². The molecular weight excluding hydrogens is 528 g/mol. The van der Waals surface area contributed by atoms with Crippen LogP contribution in [-0.2, 0) is 37.8 Å². The number of unbranched alkanes of at least 4 members (excludes halogenated alkanes) is 14. The second-order valence-corrected chi connectivity index (χ2v) is 9.88. The molecule has 0 heterocycles. The molecule has 6 nitrogen and oxygen atoms in total. The molecule has 0 spiro atoms. The summed E-state index contributed by atoms with van der Waals surface area (Å²) in [4.78, 5) is 26.9. The fourth-order valence-electron chi connectivity index (χ4n) is 4.24. The van der Waals surface area contributed by atoms with Crippen molar-refractivity contribution in [3.05, 3.63) is 52.7 Å². The quantitative estimate of drug-likeness (QED) is 0.0383. The van der Waals surface area contributed by atoms with Gasteiger partial charge in [-0.05, 0) is 31.0 Å². The smallest absolute Gasteiger partial charge is 0.339 e. The van der Waals surface area contributed by atoms with E-state index in [2.05, 4.69) is 17.1 Å². The van der Waals surface area contributed by atoms with Gasteiger partial charge in [0.05, 0.1) is 13.2 Å². The van der Waals surface area contributed by atoms with Crippen molar-refractivity contribution < 1.29 is 36.5 Å². The maximum Gasteiger partial charge on any atom is 0.339 e. The Kier molecular flexibility index (Phi) is 22.4. The van der Waals surface area contributed by atoms with Crippen LogP contribution in [0.5, 0.6) is 0 Å². The molecule has 0 saturated heterocycles. The van der Waals surface area contributed by atoms with Gasteiger partial charge < -0.3 is 15.2 Å². The summed E-state index contributed by atoms with van der Waals surface area (Å²) < 4.78 is 5.03. The Morgan fingerprint density at radius 3 is 1.76 bits per heavy atom. The number of nitrogens with one attached hydrogen (secondary N) is 1. The van der Waals surface area contributed by atoms with Crippen molar-refractivity contribution in [1.82, 2.24) is 0 Å². The van der Waals surface area contributed by atoms with Crippen molar-refractivity contribution in [3.8, 4) is 0 Å². The van der Waals surface area contributed by atoms with Gasteiger partial charge in [0.2, 0.25) is 5.91 Å². The van der Waals surface area contributed by atoms with Gasteiger partial charge in [-0.1, -0.05) is 109 Å². The van der Waals surface area contributed by atoms with E-state index in [4.69, 9.17) is 11.3 Å². The molecule has 1 rings (SSSR count). The van der Waals surface area contributed by atoms with Crippen LogP contribution in [0.4, 0.5) is 5.69 Å². The third-order valence-electron chi connectivity index (χ3n) is 6.52. The molecule has 0 atom stereocenters. The number of carbonyl (C=O) groups excluding carboxylic acids is 2. The van der Waals surface area contributed by atoms with Crippen LogP contribution in [0.3, 0.4) is 0 Å². The summed E-state index contributed by atoms with van der Waals surface area (Å²) in [5.41, 5.74) is 1.30. The summed E-state index contributed by atoms with van der Waals surface area (Å²) >= 11 is 0. The molecule has 0 aliphatic rings. The summed E-state index contributed by atoms with van der Waals surface area (Å²) in [5, 5.41) is 12.2. The SMILES string of the molecule is [C-]#[N+]/C(C(=O)OCCc1ccc(NC(=O)CCCCCCCCCCCCCCCCC)cc1)=C(\C)O.[Cu]. The summed E-state index contributed by atoms with van der Waals surface area (Å²) in [5.74, 6) is -1.13. The first-order chi connectivity index (χ1) is 18.0. The molecule has 2 N–H and O–H groups in total. The maximum atomic E-state index is 12.2. The van der Waals surface area contributed by atoms with E-state index in [9.17, 15) is 14.7 Å². The standard InChI is InChI=1S/C31H48N2O4.Cu/c1-4-5-6-7-8-9-10-11-12-13-14-15-16-17-18-19-29(35)33-28-22-20-27(21-23-28)24-25-37-31(36)30(32-3)26(2)34;/h20-23,34H,4-19,24-25H2,1-2H3,(H,33,35);/b30-26+;. The summed E-state index contributed by atoms with van der Waals surface area (Å²) in [6.07, 6.45) is 20.7. The third kappa shape index (κ3) is 18.0. The van der Waals surface area contributed by atoms with E-state index in [-0.39, 0.29) is 35.3 Å². The predicted molar refractivity (Wildman–Crippen MR) is 151 cm³/mol. The van der Waals surface area contributed by atoms with E-state index in [1.54, 1.807) is 0 Å². The van der Waals surface area contributed by atoms with Crippen molar-refractivity contribution in [2.24, 2.45) is 0 Å². The van der Waals surface area contributed by atoms with Gasteiger partial charge in [-0.15, -0.1) is 0 Å². The number of nitrogens with zero attached hydrogens (tertiary/aromatic N) is 1. The Balaban J connectivity index is 0.0000137. The average Bonchev–Trinajstić information content (AvgIpc) is 2.87. The first-order valence-corrected chi connectivity index (χ1v) is 14.3. The van der Waals surface area contributed by atoms with Crippen molar-refractivity contribution in [2.45, 2.75) is 123 Å². The Bertz CT molecular complexity index is 842. The molecular formula is C31H48CuN2O4. The molecule has 1 aromatic carbocycles. The minimum atomic E-state index is -0.822. The molecule has 1 amide bonds. The first-order valence-electron chi connectivity index (χ1n) is 14.3. The summed E-state index contributed by atoms with van der Waals surface area (Å²) in [7, 11) is 0. The summed E-state index contributed by atoms with van der Waals surface area (Å²) in [6.45, 7) is 10.6. The second kappa shape index (κ2) is 23.8. The Morgan fingerprint density at radius 1 is 0.842 bits per heavy atom.